The molecule has 0 spiro atoms. The SMILES string of the molecule is Fc1ccc(Oc2cnccc2Cl)c(Br)c1. The molecule has 0 aliphatic rings. The molecule has 0 aliphatic heterocycles. The first kappa shape index (κ1) is 11.4. The highest BCUT2D eigenvalue weighted by Gasteiger charge is 2.06. The summed E-state index contributed by atoms with van der Waals surface area (Å²) in [5, 5.41) is 0.450. The van der Waals surface area contributed by atoms with Gasteiger partial charge in [-0.05, 0) is 40.2 Å². The Bertz CT molecular complexity index is 521. The molecule has 82 valence electrons. The smallest absolute Gasteiger partial charge is 0.164 e. The van der Waals surface area contributed by atoms with E-state index in [-0.39, 0.29) is 5.82 Å². The van der Waals surface area contributed by atoms with Crippen molar-refractivity contribution in [2.45, 2.75) is 0 Å². The molecule has 0 bridgehead atoms. The first-order valence-electron chi connectivity index (χ1n) is 4.39. The predicted octanol–water partition coefficient (Wildman–Crippen LogP) is 4.43. The maximum atomic E-state index is 12.8. The molecule has 2 aromatic rings. The summed E-state index contributed by atoms with van der Waals surface area (Å²) in [6.45, 7) is 0. The Morgan fingerprint density at radius 3 is 2.75 bits per heavy atom. The van der Waals surface area contributed by atoms with Crippen LogP contribution < -0.4 is 4.74 Å². The van der Waals surface area contributed by atoms with Gasteiger partial charge < -0.3 is 4.74 Å². The van der Waals surface area contributed by atoms with E-state index in [0.29, 0.717) is 21.0 Å². The monoisotopic (exact) mass is 301 g/mol. The minimum Gasteiger partial charge on any atom is -0.453 e. The van der Waals surface area contributed by atoms with Gasteiger partial charge in [-0.1, -0.05) is 11.6 Å². The first-order valence-corrected chi connectivity index (χ1v) is 5.56. The molecule has 0 unspecified atom stereocenters. The number of nitrogens with zero attached hydrogens (tertiary/aromatic N) is 1. The molecule has 16 heavy (non-hydrogen) atoms. The lowest BCUT2D eigenvalue weighted by Crippen LogP contribution is -1.88. The molecule has 2 nitrogen and oxygen atoms in total. The molecular formula is C11H6BrClFNO. The normalized spacial score (nSPS) is 10.2. The van der Waals surface area contributed by atoms with Crippen molar-refractivity contribution < 1.29 is 9.13 Å². The quantitative estimate of drug-likeness (QED) is 0.819. The molecule has 1 aromatic heterocycles. The van der Waals surface area contributed by atoms with Crippen molar-refractivity contribution in [3.05, 3.63) is 52.0 Å². The van der Waals surface area contributed by atoms with Crippen LogP contribution in [0.5, 0.6) is 11.5 Å². The number of pyridine rings is 1. The summed E-state index contributed by atoms with van der Waals surface area (Å²) in [6, 6.07) is 5.76. The molecule has 1 heterocycles. The van der Waals surface area contributed by atoms with Gasteiger partial charge in [0.2, 0.25) is 0 Å². The Labute approximate surface area is 105 Å². The van der Waals surface area contributed by atoms with Crippen LogP contribution >= 0.6 is 27.5 Å². The first-order chi connectivity index (χ1) is 7.66. The summed E-state index contributed by atoms with van der Waals surface area (Å²) in [5.74, 6) is 0.573. The van der Waals surface area contributed by atoms with Crippen LogP contribution in [0.25, 0.3) is 0 Å². The molecule has 0 N–H and O–H groups in total. The molecule has 0 saturated heterocycles. The van der Waals surface area contributed by atoms with Gasteiger partial charge in [0.1, 0.15) is 11.6 Å². The van der Waals surface area contributed by atoms with Crippen molar-refractivity contribution >= 4 is 27.5 Å². The van der Waals surface area contributed by atoms with Gasteiger partial charge in [-0.2, -0.15) is 0 Å². The van der Waals surface area contributed by atoms with Crippen molar-refractivity contribution in [1.82, 2.24) is 4.98 Å². The van der Waals surface area contributed by atoms with E-state index in [9.17, 15) is 4.39 Å². The van der Waals surface area contributed by atoms with E-state index in [1.54, 1.807) is 12.3 Å². The average Bonchev–Trinajstić information content (AvgIpc) is 2.25. The largest absolute Gasteiger partial charge is 0.453 e. The van der Waals surface area contributed by atoms with Crippen LogP contribution in [0.15, 0.2) is 41.1 Å². The van der Waals surface area contributed by atoms with Crippen LogP contribution in [-0.2, 0) is 0 Å². The lowest BCUT2D eigenvalue weighted by Gasteiger charge is -2.08. The standard InChI is InChI=1S/C11H6BrClFNO/c12-8-5-7(14)1-2-10(8)16-11-6-15-4-3-9(11)13/h1-6H. The van der Waals surface area contributed by atoms with E-state index in [2.05, 4.69) is 20.9 Å². The van der Waals surface area contributed by atoms with Gasteiger partial charge in [0.25, 0.3) is 0 Å². The van der Waals surface area contributed by atoms with Crippen molar-refractivity contribution in [3.63, 3.8) is 0 Å². The van der Waals surface area contributed by atoms with E-state index in [1.807, 2.05) is 0 Å². The van der Waals surface area contributed by atoms with E-state index in [0.717, 1.165) is 0 Å². The van der Waals surface area contributed by atoms with Crippen LogP contribution in [0.4, 0.5) is 4.39 Å². The minimum absolute atomic E-state index is 0.337. The zero-order valence-corrected chi connectivity index (χ0v) is 10.3. The molecule has 1 aromatic carbocycles. The molecule has 0 fully saturated rings. The highest BCUT2D eigenvalue weighted by atomic mass is 79.9. The Morgan fingerprint density at radius 2 is 2.06 bits per heavy atom. The summed E-state index contributed by atoms with van der Waals surface area (Å²) in [4.78, 5) is 3.89. The Kier molecular flexibility index (Phi) is 3.41. The second kappa shape index (κ2) is 4.80. The predicted molar refractivity (Wildman–Crippen MR) is 63.4 cm³/mol. The van der Waals surface area contributed by atoms with Crippen LogP contribution in [0, 0.1) is 5.82 Å². The van der Waals surface area contributed by atoms with E-state index < -0.39 is 0 Å². The van der Waals surface area contributed by atoms with Crippen LogP contribution in [0.1, 0.15) is 0 Å². The Morgan fingerprint density at radius 1 is 1.25 bits per heavy atom. The Hall–Kier alpha value is -1.13. The molecule has 5 heteroatoms. The molecule has 0 radical (unpaired) electrons. The summed E-state index contributed by atoms with van der Waals surface area (Å²) in [5.41, 5.74) is 0. The number of ether oxygens (including phenoxy) is 1. The van der Waals surface area contributed by atoms with Gasteiger partial charge in [-0.3, -0.25) is 4.98 Å². The minimum atomic E-state index is -0.337. The average molecular weight is 303 g/mol. The van der Waals surface area contributed by atoms with Crippen LogP contribution in [-0.4, -0.2) is 4.98 Å². The van der Waals surface area contributed by atoms with E-state index >= 15 is 0 Å². The fourth-order valence-electron chi connectivity index (χ4n) is 1.11. The van der Waals surface area contributed by atoms with Crippen molar-refractivity contribution in [2.24, 2.45) is 0 Å². The number of rotatable bonds is 2. The zero-order valence-electron chi connectivity index (χ0n) is 7.95. The number of hydrogen-bond acceptors (Lipinski definition) is 2. The van der Waals surface area contributed by atoms with Crippen molar-refractivity contribution in [2.75, 3.05) is 0 Å². The second-order valence-electron chi connectivity index (χ2n) is 2.98. The lowest BCUT2D eigenvalue weighted by molar-refractivity contribution is 0.475. The summed E-state index contributed by atoms with van der Waals surface area (Å²) < 4.78 is 18.8. The molecule has 0 atom stereocenters. The number of benzene rings is 1. The number of halogens is 3. The third-order valence-corrected chi connectivity index (χ3v) is 2.78. The summed E-state index contributed by atoms with van der Waals surface area (Å²) >= 11 is 9.10. The topological polar surface area (TPSA) is 22.1 Å². The number of hydrogen-bond donors (Lipinski definition) is 0. The van der Waals surface area contributed by atoms with Gasteiger partial charge in [-0.25, -0.2) is 4.39 Å². The number of aromatic nitrogens is 1. The third kappa shape index (κ3) is 2.51. The van der Waals surface area contributed by atoms with E-state index in [4.69, 9.17) is 16.3 Å². The summed E-state index contributed by atoms with van der Waals surface area (Å²) in [7, 11) is 0. The molecule has 0 saturated carbocycles. The van der Waals surface area contributed by atoms with Gasteiger partial charge in [0, 0.05) is 6.20 Å². The molecular weight excluding hydrogens is 296 g/mol. The maximum absolute atomic E-state index is 12.8. The molecule has 0 amide bonds. The third-order valence-electron chi connectivity index (χ3n) is 1.85. The van der Waals surface area contributed by atoms with Gasteiger partial charge in [-0.15, -0.1) is 0 Å². The van der Waals surface area contributed by atoms with Crippen molar-refractivity contribution in [3.8, 4) is 11.5 Å². The fraction of sp³-hybridized carbons (Fsp3) is 0. The second-order valence-corrected chi connectivity index (χ2v) is 4.24. The maximum Gasteiger partial charge on any atom is 0.164 e. The van der Waals surface area contributed by atoms with Gasteiger partial charge in [0.15, 0.2) is 5.75 Å². The Balaban J connectivity index is 2.31. The molecule has 0 aliphatic carbocycles. The van der Waals surface area contributed by atoms with Crippen molar-refractivity contribution in [1.29, 1.82) is 0 Å². The van der Waals surface area contributed by atoms with Crippen LogP contribution in [0.2, 0.25) is 5.02 Å². The highest BCUT2D eigenvalue weighted by molar-refractivity contribution is 9.10. The van der Waals surface area contributed by atoms with Crippen LogP contribution in [0.3, 0.4) is 0 Å². The van der Waals surface area contributed by atoms with Gasteiger partial charge in [0.05, 0.1) is 15.7 Å². The van der Waals surface area contributed by atoms with E-state index in [1.165, 1.54) is 24.4 Å². The lowest BCUT2D eigenvalue weighted by atomic mass is 10.3. The fourth-order valence-corrected chi connectivity index (χ4v) is 1.69. The van der Waals surface area contributed by atoms with Gasteiger partial charge >= 0.3 is 0 Å². The highest BCUT2D eigenvalue weighted by Crippen LogP contribution is 2.33. The summed E-state index contributed by atoms with van der Waals surface area (Å²) in [6.07, 6.45) is 3.06. The zero-order chi connectivity index (χ0) is 11.5. The molecule has 2 rings (SSSR count).